The fourth-order valence-electron chi connectivity index (χ4n) is 1.70. The van der Waals surface area contributed by atoms with E-state index in [9.17, 15) is 17.1 Å². The summed E-state index contributed by atoms with van der Waals surface area (Å²) in [6.45, 7) is 2.04. The molecule has 1 saturated carbocycles. The molecule has 0 N–H and O–H groups in total. The van der Waals surface area contributed by atoms with Crippen LogP contribution in [0, 0.1) is 11.8 Å². The van der Waals surface area contributed by atoms with Crippen LogP contribution >= 0.6 is 0 Å². The number of amides is 1. The first-order chi connectivity index (χ1) is 6.39. The predicted octanol–water partition coefficient (Wildman–Crippen LogP) is 0.153. The molecule has 1 saturated heterocycles. The molecule has 0 aromatic rings. The number of rotatable bonds is 2. The van der Waals surface area contributed by atoms with Gasteiger partial charge in [0, 0.05) is 19.0 Å². The average molecular weight is 221 g/mol. The smallest absolute Gasteiger partial charge is 0.308 e. The minimum absolute atomic E-state index is 0.0163. The van der Waals surface area contributed by atoms with Gasteiger partial charge in [-0.05, 0) is 12.3 Å². The van der Waals surface area contributed by atoms with Crippen LogP contribution in [0.1, 0.15) is 13.3 Å². The highest BCUT2D eigenvalue weighted by molar-refractivity contribution is 7.87. The fourth-order valence-corrected chi connectivity index (χ4v) is 2.41. The summed E-state index contributed by atoms with van der Waals surface area (Å²) in [6.07, 6.45) is 0.877. The van der Waals surface area contributed by atoms with Crippen molar-refractivity contribution < 1.29 is 17.1 Å². The van der Waals surface area contributed by atoms with Crippen molar-refractivity contribution in [3.05, 3.63) is 0 Å². The van der Waals surface area contributed by atoms with Gasteiger partial charge in [0.1, 0.15) is 5.25 Å². The largest absolute Gasteiger partial charge is 0.339 e. The summed E-state index contributed by atoms with van der Waals surface area (Å²) in [7, 11) is -4.45. The Morgan fingerprint density at radius 2 is 1.93 bits per heavy atom. The quantitative estimate of drug-likeness (QED) is 0.624. The molecule has 6 heteroatoms. The second-order valence-corrected chi connectivity index (χ2v) is 5.78. The molecule has 0 spiro atoms. The summed E-state index contributed by atoms with van der Waals surface area (Å²) in [5.74, 6) is 0.444. The van der Waals surface area contributed by atoms with Crippen molar-refractivity contribution in [1.82, 2.24) is 4.90 Å². The van der Waals surface area contributed by atoms with Gasteiger partial charge in [0.25, 0.3) is 0 Å². The van der Waals surface area contributed by atoms with E-state index in [0.717, 1.165) is 6.42 Å². The van der Waals surface area contributed by atoms with Gasteiger partial charge < -0.3 is 4.90 Å². The van der Waals surface area contributed by atoms with Crippen LogP contribution in [0.4, 0.5) is 3.89 Å². The Balaban J connectivity index is 1.86. The third-order valence-electron chi connectivity index (χ3n) is 2.98. The second kappa shape index (κ2) is 2.92. The lowest BCUT2D eigenvalue weighted by Gasteiger charge is -2.36. The van der Waals surface area contributed by atoms with E-state index >= 15 is 0 Å². The number of likely N-dealkylation sites (tertiary alicyclic amines) is 1. The molecule has 2 aliphatic rings. The molecule has 2 atom stereocenters. The van der Waals surface area contributed by atoms with Gasteiger partial charge in [-0.15, -0.1) is 3.89 Å². The maximum Gasteiger partial charge on any atom is 0.308 e. The van der Waals surface area contributed by atoms with Crippen molar-refractivity contribution >= 4 is 16.1 Å². The Morgan fingerprint density at radius 1 is 1.43 bits per heavy atom. The number of hydrogen-bond donors (Lipinski definition) is 0. The normalized spacial score (nSPS) is 32.6. The molecule has 1 aliphatic heterocycles. The van der Waals surface area contributed by atoms with E-state index in [4.69, 9.17) is 0 Å². The van der Waals surface area contributed by atoms with Crippen molar-refractivity contribution in [3.63, 3.8) is 0 Å². The van der Waals surface area contributed by atoms with Crippen LogP contribution in [0.15, 0.2) is 0 Å². The molecule has 1 heterocycles. The van der Waals surface area contributed by atoms with Gasteiger partial charge >= 0.3 is 10.2 Å². The van der Waals surface area contributed by atoms with E-state index in [1.54, 1.807) is 0 Å². The molecule has 0 bridgehead atoms. The molecule has 2 fully saturated rings. The molecule has 2 rings (SSSR count). The van der Waals surface area contributed by atoms with E-state index in [1.807, 2.05) is 6.92 Å². The van der Waals surface area contributed by atoms with E-state index in [-0.39, 0.29) is 24.9 Å². The fraction of sp³-hybridized carbons (Fsp3) is 0.875. The molecule has 0 radical (unpaired) electrons. The third-order valence-corrected chi connectivity index (χ3v) is 4.08. The third kappa shape index (κ3) is 1.63. The van der Waals surface area contributed by atoms with E-state index < -0.39 is 15.5 Å². The van der Waals surface area contributed by atoms with Gasteiger partial charge in [-0.2, -0.15) is 8.42 Å². The molecule has 1 amide bonds. The van der Waals surface area contributed by atoms with Crippen LogP contribution in [-0.4, -0.2) is 37.6 Å². The van der Waals surface area contributed by atoms with E-state index in [1.165, 1.54) is 4.90 Å². The molecule has 0 aromatic heterocycles. The molecule has 0 aromatic carbocycles. The lowest BCUT2D eigenvalue weighted by atomic mass is 10.2. The van der Waals surface area contributed by atoms with Crippen LogP contribution in [0.2, 0.25) is 0 Å². The molecule has 80 valence electrons. The molecular formula is C8H12FNO3S. The number of hydrogen-bond acceptors (Lipinski definition) is 3. The van der Waals surface area contributed by atoms with Crippen LogP contribution < -0.4 is 0 Å². The van der Waals surface area contributed by atoms with Crippen LogP contribution in [0.25, 0.3) is 0 Å². The summed E-state index contributed by atoms with van der Waals surface area (Å²) in [5, 5.41) is -0.986. The van der Waals surface area contributed by atoms with Crippen LogP contribution in [0.5, 0.6) is 0 Å². The summed E-state index contributed by atoms with van der Waals surface area (Å²) < 4.78 is 33.3. The number of carbonyl (C=O) groups is 1. The van der Waals surface area contributed by atoms with Crippen LogP contribution in [-0.2, 0) is 15.0 Å². The first kappa shape index (κ1) is 9.89. The lowest BCUT2D eigenvalue weighted by Crippen LogP contribution is -2.56. The first-order valence-corrected chi connectivity index (χ1v) is 6.06. The van der Waals surface area contributed by atoms with Crippen molar-refractivity contribution in [1.29, 1.82) is 0 Å². The van der Waals surface area contributed by atoms with E-state index in [2.05, 4.69) is 0 Å². The van der Waals surface area contributed by atoms with Crippen molar-refractivity contribution in [2.24, 2.45) is 11.8 Å². The van der Waals surface area contributed by atoms with Crippen molar-refractivity contribution in [2.45, 2.75) is 18.6 Å². The SMILES string of the molecule is CC1CC1C(=O)N1CC(S(=O)(=O)F)C1. The first-order valence-electron chi connectivity index (χ1n) is 4.62. The maximum atomic E-state index is 12.4. The number of halogens is 1. The second-order valence-electron chi connectivity index (χ2n) is 4.16. The molecule has 1 aliphatic carbocycles. The summed E-state index contributed by atoms with van der Waals surface area (Å²) in [5.41, 5.74) is 0. The Kier molecular flexibility index (Phi) is 2.06. The summed E-state index contributed by atoms with van der Waals surface area (Å²) in [4.78, 5) is 12.9. The minimum atomic E-state index is -4.45. The Hall–Kier alpha value is -0.650. The monoisotopic (exact) mass is 221 g/mol. The van der Waals surface area contributed by atoms with Crippen molar-refractivity contribution in [3.8, 4) is 0 Å². The average Bonchev–Trinajstić information content (AvgIpc) is 2.59. The molecule has 2 unspecified atom stereocenters. The standard InChI is InChI=1S/C8H12FNO3S/c1-5-2-7(5)8(11)10-3-6(4-10)14(9,12)13/h5-7H,2-4H2,1H3. The molecule has 4 nitrogen and oxygen atoms in total. The van der Waals surface area contributed by atoms with Gasteiger partial charge in [-0.3, -0.25) is 4.79 Å². The van der Waals surface area contributed by atoms with Gasteiger partial charge in [0.05, 0.1) is 0 Å². The minimum Gasteiger partial charge on any atom is -0.339 e. The Labute approximate surface area is 82.3 Å². The Bertz CT molecular complexity index is 361. The zero-order chi connectivity index (χ0) is 10.5. The number of carbonyl (C=O) groups excluding carboxylic acids is 1. The Morgan fingerprint density at radius 3 is 2.29 bits per heavy atom. The van der Waals surface area contributed by atoms with E-state index in [0.29, 0.717) is 5.92 Å². The highest BCUT2D eigenvalue weighted by Crippen LogP contribution is 2.40. The molecule has 14 heavy (non-hydrogen) atoms. The van der Waals surface area contributed by atoms with Gasteiger partial charge in [-0.1, -0.05) is 6.92 Å². The maximum absolute atomic E-state index is 12.4. The van der Waals surface area contributed by atoms with Crippen LogP contribution in [0.3, 0.4) is 0 Å². The zero-order valence-electron chi connectivity index (χ0n) is 7.81. The highest BCUT2D eigenvalue weighted by Gasteiger charge is 2.47. The van der Waals surface area contributed by atoms with Crippen molar-refractivity contribution in [2.75, 3.05) is 13.1 Å². The zero-order valence-corrected chi connectivity index (χ0v) is 8.63. The summed E-state index contributed by atoms with van der Waals surface area (Å²) >= 11 is 0. The number of nitrogens with zero attached hydrogens (tertiary/aromatic N) is 1. The van der Waals surface area contributed by atoms with Gasteiger partial charge in [0.15, 0.2) is 0 Å². The molecular weight excluding hydrogens is 209 g/mol. The highest BCUT2D eigenvalue weighted by atomic mass is 32.3. The topological polar surface area (TPSA) is 54.5 Å². The lowest BCUT2D eigenvalue weighted by molar-refractivity contribution is -0.136. The predicted molar refractivity (Wildman–Crippen MR) is 47.7 cm³/mol. The van der Waals surface area contributed by atoms with Gasteiger partial charge in [-0.25, -0.2) is 0 Å². The van der Waals surface area contributed by atoms with Gasteiger partial charge in [0.2, 0.25) is 5.91 Å². The summed E-state index contributed by atoms with van der Waals surface area (Å²) in [6, 6.07) is 0.